The summed E-state index contributed by atoms with van der Waals surface area (Å²) < 4.78 is 28.4. The lowest BCUT2D eigenvalue weighted by atomic mass is 9.98. The monoisotopic (exact) mass is 1130 g/mol. The molecule has 12 heteroatoms. The van der Waals surface area contributed by atoms with E-state index in [-0.39, 0.29) is 25.9 Å². The Labute approximate surface area is 490 Å². The fourth-order valence-electron chi connectivity index (χ4n) is 8.44. The average molecular weight is 1130 g/mol. The second kappa shape index (κ2) is 55.4. The number of hydrogen-bond donors (Lipinski definition) is 3. The summed E-state index contributed by atoms with van der Waals surface area (Å²) in [5.74, 6) is -3.28. The van der Waals surface area contributed by atoms with Crippen LogP contribution in [0.25, 0.3) is 0 Å². The Balaban J connectivity index is 2.73. The molecule has 6 unspecified atom stereocenters. The Morgan fingerprint density at radius 1 is 0.420 bits per heavy atom. The third-order valence-corrected chi connectivity index (χ3v) is 13.2. The van der Waals surface area contributed by atoms with E-state index in [0.29, 0.717) is 25.7 Å². The molecule has 6 atom stereocenters. The van der Waals surface area contributed by atoms with Crippen molar-refractivity contribution in [3.05, 3.63) is 134 Å². The minimum absolute atomic E-state index is 0.0748. The van der Waals surface area contributed by atoms with Crippen molar-refractivity contribution in [1.29, 1.82) is 0 Å². The molecule has 1 aliphatic heterocycles. The highest BCUT2D eigenvalue weighted by Crippen LogP contribution is 2.26. The molecule has 1 heterocycles. The summed E-state index contributed by atoms with van der Waals surface area (Å²) in [4.78, 5) is 51.2. The van der Waals surface area contributed by atoms with Crippen LogP contribution in [0.1, 0.15) is 226 Å². The van der Waals surface area contributed by atoms with Gasteiger partial charge in [0.05, 0.1) is 6.61 Å². The lowest BCUT2D eigenvalue weighted by Gasteiger charge is -2.40. The number of unbranched alkanes of at least 4 members (excludes halogenated alkanes) is 15. The SMILES string of the molecule is CC/C=C\C/C=C\C/C=C\C/C=C\C/C=C\C/C=C\CCC(=O)OC1C(OCC(COC(=O)CCCCCCCC/C=C\C/C=C\C/C=C\CCCCC)OC(=O)CCCCCCC/C=C\C/C=C\CCC)OC(C(=O)O)C(O)C1O. The number of carboxylic acid groups (broad SMARTS) is 1. The summed E-state index contributed by atoms with van der Waals surface area (Å²) >= 11 is 0. The zero-order valence-corrected chi connectivity index (χ0v) is 50.2. The molecule has 0 amide bonds. The first kappa shape index (κ1) is 73.9. The summed E-state index contributed by atoms with van der Waals surface area (Å²) in [6.45, 7) is 5.73. The molecule has 1 rings (SSSR count). The van der Waals surface area contributed by atoms with E-state index in [9.17, 15) is 34.5 Å². The van der Waals surface area contributed by atoms with Crippen LogP contribution in [0.5, 0.6) is 0 Å². The van der Waals surface area contributed by atoms with Crippen molar-refractivity contribution in [3.63, 3.8) is 0 Å². The van der Waals surface area contributed by atoms with Gasteiger partial charge >= 0.3 is 23.9 Å². The highest BCUT2D eigenvalue weighted by Gasteiger charge is 2.50. The standard InChI is InChI=1S/C69H108O12/c1-4-7-10-13-16-19-22-25-27-29-31-33-35-38-40-43-46-49-52-55-61(70)77-58-60(79-62(71)56-53-50-47-44-41-37-24-21-18-15-12-9-6-3)59-78-69-67(65(74)64(73)66(81-69)68(75)76)80-63(72)57-54-51-48-45-42-39-36-34-32-30-28-26-23-20-17-14-11-8-5-2/h8,11-12,15-17,19-21,24-28,31-34,39,42,48,51,60,64-67,69,73-74H,4-7,9-10,13-14,18,22-23,29-30,35-38,40-41,43-47,49-50,52-59H2,1-3H3,(H,75,76)/b11-8-,15-12-,19-16-,20-17-,24-21-,27-25-,28-26-,33-31-,34-32-,42-39-,51-48-. The van der Waals surface area contributed by atoms with Gasteiger partial charge in [0, 0.05) is 19.3 Å². The molecule has 1 aliphatic rings. The van der Waals surface area contributed by atoms with Crippen LogP contribution in [0.15, 0.2) is 134 Å². The van der Waals surface area contributed by atoms with E-state index in [1.165, 1.54) is 25.7 Å². The summed E-state index contributed by atoms with van der Waals surface area (Å²) in [5.41, 5.74) is 0. The summed E-state index contributed by atoms with van der Waals surface area (Å²) in [6, 6.07) is 0. The second-order valence-corrected chi connectivity index (χ2v) is 20.6. The number of aliphatic hydroxyl groups excluding tert-OH is 2. The molecular weight excluding hydrogens is 1020 g/mol. The molecule has 0 aromatic carbocycles. The molecule has 3 N–H and O–H groups in total. The van der Waals surface area contributed by atoms with Gasteiger partial charge in [0.25, 0.3) is 0 Å². The fourth-order valence-corrected chi connectivity index (χ4v) is 8.44. The third-order valence-electron chi connectivity index (χ3n) is 13.2. The highest BCUT2D eigenvalue weighted by atomic mass is 16.7. The number of aliphatic carboxylic acids is 1. The number of carbonyl (C=O) groups excluding carboxylic acids is 3. The minimum atomic E-state index is -1.94. The first-order valence-electron chi connectivity index (χ1n) is 31.2. The molecule has 1 saturated heterocycles. The van der Waals surface area contributed by atoms with Crippen molar-refractivity contribution in [1.82, 2.24) is 0 Å². The number of allylic oxidation sites excluding steroid dienone is 22. The maximum atomic E-state index is 13.2. The number of carboxylic acids is 1. The van der Waals surface area contributed by atoms with Crippen molar-refractivity contribution in [2.45, 2.75) is 263 Å². The van der Waals surface area contributed by atoms with Crippen LogP contribution < -0.4 is 0 Å². The van der Waals surface area contributed by atoms with Gasteiger partial charge in [-0.15, -0.1) is 0 Å². The predicted octanol–water partition coefficient (Wildman–Crippen LogP) is 16.6. The largest absolute Gasteiger partial charge is 0.479 e. The molecule has 0 aliphatic carbocycles. The van der Waals surface area contributed by atoms with E-state index >= 15 is 0 Å². The maximum absolute atomic E-state index is 13.2. The third kappa shape index (κ3) is 45.1. The number of aliphatic hydroxyl groups is 2. The van der Waals surface area contributed by atoms with Gasteiger partial charge in [-0.3, -0.25) is 14.4 Å². The van der Waals surface area contributed by atoms with Gasteiger partial charge in [-0.2, -0.15) is 0 Å². The zero-order chi connectivity index (χ0) is 58.9. The maximum Gasteiger partial charge on any atom is 0.335 e. The molecule has 81 heavy (non-hydrogen) atoms. The van der Waals surface area contributed by atoms with Crippen molar-refractivity contribution >= 4 is 23.9 Å². The van der Waals surface area contributed by atoms with Crippen molar-refractivity contribution in [2.24, 2.45) is 0 Å². The van der Waals surface area contributed by atoms with Gasteiger partial charge in [0.15, 0.2) is 24.6 Å². The topological polar surface area (TPSA) is 175 Å². The summed E-state index contributed by atoms with van der Waals surface area (Å²) in [7, 11) is 0. The summed E-state index contributed by atoms with van der Waals surface area (Å²) in [6.07, 6.45) is 65.6. The van der Waals surface area contributed by atoms with Crippen LogP contribution >= 0.6 is 0 Å². The molecule has 0 aromatic heterocycles. The van der Waals surface area contributed by atoms with Gasteiger partial charge in [0.1, 0.15) is 18.8 Å². The molecular formula is C69H108O12. The minimum Gasteiger partial charge on any atom is -0.479 e. The Morgan fingerprint density at radius 2 is 0.827 bits per heavy atom. The second-order valence-electron chi connectivity index (χ2n) is 20.6. The Hall–Kier alpha value is -5.14. The predicted molar refractivity (Wildman–Crippen MR) is 330 cm³/mol. The van der Waals surface area contributed by atoms with Crippen molar-refractivity contribution in [3.8, 4) is 0 Å². The molecule has 0 aromatic rings. The average Bonchev–Trinajstić information content (AvgIpc) is 3.54. The Morgan fingerprint density at radius 3 is 1.28 bits per heavy atom. The van der Waals surface area contributed by atoms with E-state index in [4.69, 9.17) is 23.7 Å². The normalized spacial score (nSPS) is 18.7. The lowest BCUT2D eigenvalue weighted by Crippen LogP contribution is -2.61. The smallest absolute Gasteiger partial charge is 0.335 e. The van der Waals surface area contributed by atoms with Crippen LogP contribution in [0, 0.1) is 0 Å². The zero-order valence-electron chi connectivity index (χ0n) is 50.2. The number of rotatable bonds is 51. The van der Waals surface area contributed by atoms with Gasteiger partial charge in [-0.25, -0.2) is 4.79 Å². The quantitative estimate of drug-likeness (QED) is 0.0228. The van der Waals surface area contributed by atoms with E-state index in [1.807, 2.05) is 18.2 Å². The van der Waals surface area contributed by atoms with Crippen LogP contribution in [0.2, 0.25) is 0 Å². The van der Waals surface area contributed by atoms with E-state index in [2.05, 4.69) is 136 Å². The van der Waals surface area contributed by atoms with Gasteiger partial charge in [0.2, 0.25) is 0 Å². The van der Waals surface area contributed by atoms with Crippen molar-refractivity contribution < 1.29 is 58.2 Å². The molecule has 0 radical (unpaired) electrons. The van der Waals surface area contributed by atoms with Crippen LogP contribution in [-0.2, 0) is 42.9 Å². The highest BCUT2D eigenvalue weighted by molar-refractivity contribution is 5.74. The van der Waals surface area contributed by atoms with Crippen LogP contribution in [-0.4, -0.2) is 89.2 Å². The first-order valence-corrected chi connectivity index (χ1v) is 31.2. The fraction of sp³-hybridized carbons (Fsp3) is 0.623. The number of ether oxygens (including phenoxy) is 5. The van der Waals surface area contributed by atoms with Crippen molar-refractivity contribution in [2.75, 3.05) is 13.2 Å². The van der Waals surface area contributed by atoms with Gasteiger partial charge in [-0.05, 0) is 122 Å². The number of hydrogen-bond acceptors (Lipinski definition) is 11. The Kier molecular flexibility index (Phi) is 50.5. The molecule has 1 fully saturated rings. The van der Waals surface area contributed by atoms with E-state index < -0.39 is 67.3 Å². The van der Waals surface area contributed by atoms with Crippen LogP contribution in [0.4, 0.5) is 0 Å². The summed E-state index contributed by atoms with van der Waals surface area (Å²) in [5, 5.41) is 31.5. The van der Waals surface area contributed by atoms with Crippen LogP contribution in [0.3, 0.4) is 0 Å². The molecule has 12 nitrogen and oxygen atoms in total. The first-order chi connectivity index (χ1) is 39.6. The molecule has 0 saturated carbocycles. The number of esters is 3. The molecule has 0 bridgehead atoms. The number of carbonyl (C=O) groups is 4. The van der Waals surface area contributed by atoms with Gasteiger partial charge in [-0.1, -0.05) is 219 Å². The molecule has 0 spiro atoms. The lowest BCUT2D eigenvalue weighted by molar-refractivity contribution is -0.301. The van der Waals surface area contributed by atoms with E-state index in [1.54, 1.807) is 0 Å². The van der Waals surface area contributed by atoms with Gasteiger partial charge < -0.3 is 39.0 Å². The molecule has 456 valence electrons. The Bertz CT molecular complexity index is 1920. The van der Waals surface area contributed by atoms with E-state index in [0.717, 1.165) is 135 Å².